The van der Waals surface area contributed by atoms with E-state index in [0.717, 1.165) is 4.68 Å². The third-order valence-electron chi connectivity index (χ3n) is 1.79. The highest BCUT2D eigenvalue weighted by Crippen LogP contribution is 2.21. The third kappa shape index (κ3) is 2.00. The molecule has 0 amide bonds. The van der Waals surface area contributed by atoms with Gasteiger partial charge in [0.15, 0.2) is 0 Å². The predicted octanol–water partition coefficient (Wildman–Crippen LogP) is 2.27. The van der Waals surface area contributed by atoms with E-state index in [-0.39, 0.29) is 5.91 Å². The van der Waals surface area contributed by atoms with E-state index in [9.17, 15) is 4.79 Å². The number of hydrogen-bond donors (Lipinski definition) is 0. The van der Waals surface area contributed by atoms with E-state index < -0.39 is 0 Å². The quantitative estimate of drug-likeness (QED) is 0.770. The Morgan fingerprint density at radius 3 is 2.73 bits per heavy atom. The van der Waals surface area contributed by atoms with Crippen LogP contribution in [0.1, 0.15) is 10.4 Å². The summed E-state index contributed by atoms with van der Waals surface area (Å²) < 4.78 is 1.11. The molecule has 2 rings (SSSR count). The van der Waals surface area contributed by atoms with Crippen molar-refractivity contribution in [1.29, 1.82) is 0 Å². The van der Waals surface area contributed by atoms with Gasteiger partial charge in [0.05, 0.1) is 10.6 Å². The maximum absolute atomic E-state index is 11.8. The molecule has 6 heteroatoms. The molecule has 0 aliphatic rings. The van der Waals surface area contributed by atoms with Crippen molar-refractivity contribution < 1.29 is 4.79 Å². The van der Waals surface area contributed by atoms with Gasteiger partial charge in [-0.15, -0.1) is 0 Å². The number of hydrogen-bond acceptors (Lipinski definition) is 3. The lowest BCUT2D eigenvalue weighted by molar-refractivity contribution is 0.0945. The lowest BCUT2D eigenvalue weighted by Crippen LogP contribution is -2.12. The molecule has 1 aromatic heterocycles. The van der Waals surface area contributed by atoms with E-state index >= 15 is 0 Å². The van der Waals surface area contributed by atoms with Gasteiger partial charge in [-0.05, 0) is 18.2 Å². The number of carbonyl (C=O) groups excluding carboxylic acids is 1. The lowest BCUT2D eigenvalue weighted by Gasteiger charge is -2.02. The van der Waals surface area contributed by atoms with Crippen LogP contribution in [-0.4, -0.2) is 20.7 Å². The summed E-state index contributed by atoms with van der Waals surface area (Å²) in [4.78, 5) is 15.5. The van der Waals surface area contributed by atoms with E-state index in [1.807, 2.05) is 0 Å². The lowest BCUT2D eigenvalue weighted by atomic mass is 10.2. The monoisotopic (exact) mass is 241 g/mol. The van der Waals surface area contributed by atoms with Crippen LogP contribution in [0.2, 0.25) is 10.0 Å². The Labute approximate surface area is 95.4 Å². The van der Waals surface area contributed by atoms with Crippen LogP contribution in [-0.2, 0) is 0 Å². The third-order valence-corrected chi connectivity index (χ3v) is 2.34. The zero-order valence-electron chi connectivity index (χ0n) is 7.39. The zero-order chi connectivity index (χ0) is 10.8. The minimum absolute atomic E-state index is 0.294. The molecule has 76 valence electrons. The second-order valence-corrected chi connectivity index (χ2v) is 3.61. The van der Waals surface area contributed by atoms with E-state index in [2.05, 4.69) is 10.1 Å². The summed E-state index contributed by atoms with van der Waals surface area (Å²) in [5, 5.41) is 4.50. The highest BCUT2D eigenvalue weighted by Gasteiger charge is 2.12. The van der Waals surface area contributed by atoms with Gasteiger partial charge in [0.2, 0.25) is 0 Å². The highest BCUT2D eigenvalue weighted by atomic mass is 35.5. The van der Waals surface area contributed by atoms with E-state index in [4.69, 9.17) is 23.2 Å². The molecule has 15 heavy (non-hydrogen) atoms. The molecule has 2 aromatic rings. The molecule has 0 saturated carbocycles. The average Bonchev–Trinajstić information content (AvgIpc) is 2.69. The molecule has 0 fully saturated rings. The van der Waals surface area contributed by atoms with Crippen LogP contribution < -0.4 is 0 Å². The molecular weight excluding hydrogens is 237 g/mol. The first-order valence-electron chi connectivity index (χ1n) is 4.03. The maximum atomic E-state index is 11.8. The molecule has 0 saturated heterocycles. The smallest absolute Gasteiger partial charge is 0.267 e. The van der Waals surface area contributed by atoms with Gasteiger partial charge in [0.25, 0.3) is 5.91 Å². The Kier molecular flexibility index (Phi) is 2.70. The Bertz CT molecular complexity index is 496. The Morgan fingerprint density at radius 2 is 2.13 bits per heavy atom. The summed E-state index contributed by atoms with van der Waals surface area (Å²) in [6, 6.07) is 4.65. The number of aromatic nitrogens is 3. The first-order valence-corrected chi connectivity index (χ1v) is 4.78. The first kappa shape index (κ1) is 10.1. The van der Waals surface area contributed by atoms with Gasteiger partial charge < -0.3 is 0 Å². The molecule has 4 nitrogen and oxygen atoms in total. The topological polar surface area (TPSA) is 47.8 Å². The second kappa shape index (κ2) is 4.00. The second-order valence-electron chi connectivity index (χ2n) is 2.77. The van der Waals surface area contributed by atoms with E-state index in [1.165, 1.54) is 18.7 Å². The largest absolute Gasteiger partial charge is 0.281 e. The van der Waals surface area contributed by atoms with Crippen molar-refractivity contribution in [2.75, 3.05) is 0 Å². The summed E-state index contributed by atoms with van der Waals surface area (Å²) in [6.07, 6.45) is 2.59. The van der Waals surface area contributed by atoms with Gasteiger partial charge in [-0.1, -0.05) is 23.2 Å². The van der Waals surface area contributed by atoms with Crippen LogP contribution >= 0.6 is 23.2 Å². The molecule has 0 atom stereocenters. The van der Waals surface area contributed by atoms with Crippen molar-refractivity contribution in [3.63, 3.8) is 0 Å². The normalized spacial score (nSPS) is 10.3. The minimum Gasteiger partial charge on any atom is -0.267 e. The van der Waals surface area contributed by atoms with Crippen LogP contribution in [0.4, 0.5) is 0 Å². The molecular formula is C9H5Cl2N3O. The molecule has 0 N–H and O–H groups in total. The van der Waals surface area contributed by atoms with Crippen molar-refractivity contribution in [3.05, 3.63) is 46.5 Å². The zero-order valence-corrected chi connectivity index (χ0v) is 8.90. The van der Waals surface area contributed by atoms with Crippen LogP contribution in [0.3, 0.4) is 0 Å². The fraction of sp³-hybridized carbons (Fsp3) is 0. The fourth-order valence-electron chi connectivity index (χ4n) is 1.10. The number of halogens is 2. The van der Waals surface area contributed by atoms with Crippen molar-refractivity contribution >= 4 is 29.1 Å². The molecule has 1 heterocycles. The SMILES string of the molecule is O=C(c1ccc(Cl)cc1Cl)n1cncn1. The number of nitrogens with zero attached hydrogens (tertiary/aromatic N) is 3. The van der Waals surface area contributed by atoms with Gasteiger partial charge in [0.1, 0.15) is 12.7 Å². The number of rotatable bonds is 1. The molecule has 0 aliphatic heterocycles. The fourth-order valence-corrected chi connectivity index (χ4v) is 1.59. The first-order chi connectivity index (χ1) is 7.18. The molecule has 0 aliphatic carbocycles. The molecule has 0 spiro atoms. The maximum Gasteiger partial charge on any atom is 0.281 e. The van der Waals surface area contributed by atoms with Gasteiger partial charge >= 0.3 is 0 Å². The van der Waals surface area contributed by atoms with Crippen LogP contribution in [0, 0.1) is 0 Å². The summed E-state index contributed by atoms with van der Waals surface area (Å²) in [5.74, 6) is -0.339. The van der Waals surface area contributed by atoms with Crippen molar-refractivity contribution in [3.8, 4) is 0 Å². The molecule has 0 bridgehead atoms. The Morgan fingerprint density at radius 1 is 1.33 bits per heavy atom. The van der Waals surface area contributed by atoms with Crippen LogP contribution in [0.15, 0.2) is 30.9 Å². The minimum atomic E-state index is -0.339. The number of benzene rings is 1. The summed E-state index contributed by atoms with van der Waals surface area (Å²) in [5.41, 5.74) is 0.339. The van der Waals surface area contributed by atoms with Crippen molar-refractivity contribution in [2.24, 2.45) is 0 Å². The van der Waals surface area contributed by atoms with Gasteiger partial charge in [-0.25, -0.2) is 4.98 Å². The highest BCUT2D eigenvalue weighted by molar-refractivity contribution is 6.36. The van der Waals surface area contributed by atoms with E-state index in [0.29, 0.717) is 15.6 Å². The van der Waals surface area contributed by atoms with Gasteiger partial charge in [-0.2, -0.15) is 9.78 Å². The van der Waals surface area contributed by atoms with Gasteiger partial charge in [0, 0.05) is 5.02 Å². The van der Waals surface area contributed by atoms with E-state index in [1.54, 1.807) is 12.1 Å². The van der Waals surface area contributed by atoms with Crippen LogP contribution in [0.25, 0.3) is 0 Å². The molecule has 0 radical (unpaired) electrons. The number of carbonyl (C=O) groups is 1. The van der Waals surface area contributed by atoms with Crippen molar-refractivity contribution in [2.45, 2.75) is 0 Å². The van der Waals surface area contributed by atoms with Crippen LogP contribution in [0.5, 0.6) is 0 Å². The van der Waals surface area contributed by atoms with Crippen molar-refractivity contribution in [1.82, 2.24) is 14.8 Å². The molecule has 1 aromatic carbocycles. The Balaban J connectivity index is 2.42. The predicted molar refractivity (Wildman–Crippen MR) is 56.2 cm³/mol. The summed E-state index contributed by atoms with van der Waals surface area (Å²) in [6.45, 7) is 0. The van der Waals surface area contributed by atoms with Gasteiger partial charge in [-0.3, -0.25) is 4.79 Å². The molecule has 0 unspecified atom stereocenters. The standard InChI is InChI=1S/C9H5Cl2N3O/c10-6-1-2-7(8(11)3-6)9(15)14-5-12-4-13-14/h1-5H. The summed E-state index contributed by atoms with van der Waals surface area (Å²) in [7, 11) is 0. The Hall–Kier alpha value is -1.39. The average molecular weight is 242 g/mol. The summed E-state index contributed by atoms with van der Waals surface area (Å²) >= 11 is 11.6.